The van der Waals surface area contributed by atoms with Crippen molar-refractivity contribution >= 4 is 5.91 Å². The summed E-state index contributed by atoms with van der Waals surface area (Å²) in [4.78, 5) is 12.5. The lowest BCUT2D eigenvalue weighted by Gasteiger charge is -2.14. The number of carbonyl (C=O) groups excluding carboxylic acids is 1. The van der Waals surface area contributed by atoms with Gasteiger partial charge in [0.15, 0.2) is 0 Å². The quantitative estimate of drug-likeness (QED) is 0.424. The predicted molar refractivity (Wildman–Crippen MR) is 56.6 cm³/mol. The Morgan fingerprint density at radius 1 is 1.33 bits per heavy atom. The summed E-state index contributed by atoms with van der Waals surface area (Å²) in [7, 11) is 1.69. The van der Waals surface area contributed by atoms with Crippen LogP contribution in [0.5, 0.6) is 0 Å². The van der Waals surface area contributed by atoms with Gasteiger partial charge >= 0.3 is 0 Å². The number of aliphatic hydroxyl groups is 1. The van der Waals surface area contributed by atoms with Gasteiger partial charge in [0.05, 0.1) is 33.0 Å². The lowest BCUT2D eigenvalue weighted by Crippen LogP contribution is -2.28. The molecule has 0 spiro atoms. The summed E-state index contributed by atoms with van der Waals surface area (Å²) in [6, 6.07) is 0. The van der Waals surface area contributed by atoms with E-state index in [0.29, 0.717) is 33.0 Å². The van der Waals surface area contributed by atoms with E-state index in [-0.39, 0.29) is 12.5 Å². The number of rotatable bonds is 9. The van der Waals surface area contributed by atoms with Crippen molar-refractivity contribution in [1.82, 2.24) is 4.90 Å². The van der Waals surface area contributed by atoms with Crippen molar-refractivity contribution in [2.24, 2.45) is 0 Å². The summed E-state index contributed by atoms with van der Waals surface area (Å²) >= 11 is 0. The summed E-state index contributed by atoms with van der Waals surface area (Å²) in [5, 5.41) is 8.41. The van der Waals surface area contributed by atoms with Crippen molar-refractivity contribution in [3.8, 4) is 0 Å². The molecule has 0 saturated carbocycles. The molecule has 0 aromatic heterocycles. The number of likely N-dealkylation sites (N-methyl/N-ethyl adjacent to an activating group) is 1. The van der Waals surface area contributed by atoms with Crippen LogP contribution in [-0.4, -0.2) is 62.5 Å². The molecule has 1 amide bonds. The van der Waals surface area contributed by atoms with Gasteiger partial charge in [0.25, 0.3) is 0 Å². The minimum Gasteiger partial charge on any atom is -0.394 e. The Morgan fingerprint density at radius 3 is 2.47 bits per heavy atom. The zero-order valence-corrected chi connectivity index (χ0v) is 9.15. The van der Waals surface area contributed by atoms with Crippen molar-refractivity contribution in [1.29, 1.82) is 0 Å². The maximum absolute atomic E-state index is 11.0. The van der Waals surface area contributed by atoms with E-state index < -0.39 is 0 Å². The third kappa shape index (κ3) is 8.11. The third-order valence-corrected chi connectivity index (χ3v) is 1.73. The van der Waals surface area contributed by atoms with Crippen LogP contribution in [0.4, 0.5) is 0 Å². The molecule has 0 aromatic carbocycles. The van der Waals surface area contributed by atoms with E-state index in [2.05, 4.69) is 6.58 Å². The Kier molecular flexibility index (Phi) is 9.05. The van der Waals surface area contributed by atoms with Crippen LogP contribution in [0.25, 0.3) is 0 Å². The first-order valence-corrected chi connectivity index (χ1v) is 4.86. The van der Waals surface area contributed by atoms with E-state index in [1.807, 2.05) is 0 Å². The number of hydrogen-bond acceptors (Lipinski definition) is 4. The van der Waals surface area contributed by atoms with E-state index in [1.54, 1.807) is 7.05 Å². The molecule has 1 N–H and O–H groups in total. The van der Waals surface area contributed by atoms with Gasteiger partial charge in [-0.05, 0) is 6.08 Å². The highest BCUT2D eigenvalue weighted by atomic mass is 16.5. The Labute approximate surface area is 90.3 Å². The minimum absolute atomic E-state index is 0.0244. The molecule has 0 saturated heterocycles. The molecule has 0 bridgehead atoms. The van der Waals surface area contributed by atoms with Crippen LogP contribution in [0.1, 0.15) is 0 Å². The zero-order valence-electron chi connectivity index (χ0n) is 9.15. The molecule has 0 unspecified atom stereocenters. The molecule has 0 aliphatic rings. The number of amides is 1. The standard InChI is InChI=1S/C10H19NO4/c1-3-10(13)11(2)4-6-14-8-9-15-7-5-12/h3,12H,1,4-9H2,2H3. The Hall–Kier alpha value is -0.910. The molecule has 0 atom stereocenters. The van der Waals surface area contributed by atoms with Crippen LogP contribution in [0.15, 0.2) is 12.7 Å². The lowest BCUT2D eigenvalue weighted by molar-refractivity contribution is -0.125. The molecule has 15 heavy (non-hydrogen) atoms. The second kappa shape index (κ2) is 9.64. The van der Waals surface area contributed by atoms with Crippen molar-refractivity contribution in [2.45, 2.75) is 0 Å². The second-order valence-corrected chi connectivity index (χ2v) is 2.91. The fourth-order valence-electron chi connectivity index (χ4n) is 0.854. The Bertz CT molecular complexity index is 184. The predicted octanol–water partition coefficient (Wildman–Crippen LogP) is -0.344. The monoisotopic (exact) mass is 217 g/mol. The van der Waals surface area contributed by atoms with E-state index in [0.717, 1.165) is 0 Å². The van der Waals surface area contributed by atoms with Crippen LogP contribution in [0.2, 0.25) is 0 Å². The molecule has 5 nitrogen and oxygen atoms in total. The topological polar surface area (TPSA) is 59.0 Å². The van der Waals surface area contributed by atoms with Gasteiger partial charge in [-0.2, -0.15) is 0 Å². The highest BCUT2D eigenvalue weighted by molar-refractivity contribution is 5.86. The average molecular weight is 217 g/mol. The Morgan fingerprint density at radius 2 is 1.93 bits per heavy atom. The van der Waals surface area contributed by atoms with Gasteiger partial charge in [0, 0.05) is 13.6 Å². The van der Waals surface area contributed by atoms with E-state index in [9.17, 15) is 4.79 Å². The van der Waals surface area contributed by atoms with Gasteiger partial charge in [-0.15, -0.1) is 0 Å². The summed E-state index contributed by atoms with van der Waals surface area (Å²) in [6.45, 7) is 5.67. The maximum Gasteiger partial charge on any atom is 0.245 e. The van der Waals surface area contributed by atoms with Crippen LogP contribution in [0.3, 0.4) is 0 Å². The molecular formula is C10H19NO4. The number of carbonyl (C=O) groups is 1. The highest BCUT2D eigenvalue weighted by Crippen LogP contribution is 1.86. The molecule has 5 heteroatoms. The van der Waals surface area contributed by atoms with Crippen LogP contribution < -0.4 is 0 Å². The summed E-state index contributed by atoms with van der Waals surface area (Å²) in [6.07, 6.45) is 1.27. The van der Waals surface area contributed by atoms with Crippen LogP contribution in [0, 0.1) is 0 Å². The molecular weight excluding hydrogens is 198 g/mol. The largest absolute Gasteiger partial charge is 0.394 e. The average Bonchev–Trinajstić information content (AvgIpc) is 2.26. The Balaban J connectivity index is 3.23. The molecule has 0 aliphatic heterocycles. The van der Waals surface area contributed by atoms with Crippen molar-refractivity contribution < 1.29 is 19.4 Å². The second-order valence-electron chi connectivity index (χ2n) is 2.91. The first-order valence-electron chi connectivity index (χ1n) is 4.86. The van der Waals surface area contributed by atoms with E-state index >= 15 is 0 Å². The third-order valence-electron chi connectivity index (χ3n) is 1.73. The van der Waals surface area contributed by atoms with Gasteiger partial charge < -0.3 is 19.5 Å². The van der Waals surface area contributed by atoms with Crippen LogP contribution in [-0.2, 0) is 14.3 Å². The minimum atomic E-state index is -0.116. The van der Waals surface area contributed by atoms with E-state index in [4.69, 9.17) is 14.6 Å². The van der Waals surface area contributed by atoms with Gasteiger partial charge in [-0.3, -0.25) is 4.79 Å². The molecule has 88 valence electrons. The number of nitrogens with zero attached hydrogens (tertiary/aromatic N) is 1. The van der Waals surface area contributed by atoms with Gasteiger partial charge in [0.1, 0.15) is 0 Å². The maximum atomic E-state index is 11.0. The molecule has 0 aliphatic carbocycles. The first-order chi connectivity index (χ1) is 7.22. The van der Waals surface area contributed by atoms with Gasteiger partial charge in [0.2, 0.25) is 5.91 Å². The summed E-state index contributed by atoms with van der Waals surface area (Å²) < 4.78 is 10.2. The summed E-state index contributed by atoms with van der Waals surface area (Å²) in [5.41, 5.74) is 0. The smallest absolute Gasteiger partial charge is 0.245 e. The number of hydrogen-bond donors (Lipinski definition) is 1. The van der Waals surface area contributed by atoms with Gasteiger partial charge in [-0.25, -0.2) is 0 Å². The van der Waals surface area contributed by atoms with Crippen LogP contribution >= 0.6 is 0 Å². The lowest BCUT2D eigenvalue weighted by atomic mass is 10.5. The molecule has 0 rings (SSSR count). The van der Waals surface area contributed by atoms with E-state index in [1.165, 1.54) is 11.0 Å². The normalized spacial score (nSPS) is 10.0. The SMILES string of the molecule is C=CC(=O)N(C)CCOCCOCCO. The molecule has 0 fully saturated rings. The van der Waals surface area contributed by atoms with Crippen molar-refractivity contribution in [3.05, 3.63) is 12.7 Å². The fraction of sp³-hybridized carbons (Fsp3) is 0.700. The highest BCUT2D eigenvalue weighted by Gasteiger charge is 2.02. The number of aliphatic hydroxyl groups excluding tert-OH is 1. The molecule has 0 radical (unpaired) electrons. The van der Waals surface area contributed by atoms with Gasteiger partial charge in [-0.1, -0.05) is 6.58 Å². The van der Waals surface area contributed by atoms with Crippen molar-refractivity contribution in [3.63, 3.8) is 0 Å². The zero-order chi connectivity index (χ0) is 11.5. The van der Waals surface area contributed by atoms with Crippen molar-refractivity contribution in [2.75, 3.05) is 46.6 Å². The molecule has 0 heterocycles. The molecule has 0 aromatic rings. The first kappa shape index (κ1) is 14.1. The number of ether oxygens (including phenoxy) is 2. The summed E-state index contributed by atoms with van der Waals surface area (Å²) in [5.74, 6) is -0.116. The fourth-order valence-corrected chi connectivity index (χ4v) is 0.854.